The average molecular weight is 294 g/mol. The smallest absolute Gasteiger partial charge is 0.122 e. The summed E-state index contributed by atoms with van der Waals surface area (Å²) in [5, 5.41) is 3.63. The van der Waals surface area contributed by atoms with Crippen LogP contribution < -0.4 is 5.32 Å². The van der Waals surface area contributed by atoms with E-state index >= 15 is 0 Å². The number of rotatable bonds is 7. The summed E-state index contributed by atoms with van der Waals surface area (Å²) in [6, 6.07) is 0.532. The lowest BCUT2D eigenvalue weighted by molar-refractivity contribution is -0.00287. The molecule has 0 saturated carbocycles. The van der Waals surface area contributed by atoms with Gasteiger partial charge in [-0.2, -0.15) is 0 Å². The lowest BCUT2D eigenvalue weighted by Gasteiger charge is -2.40. The minimum absolute atomic E-state index is 0.322. The van der Waals surface area contributed by atoms with Crippen molar-refractivity contribution in [1.82, 2.24) is 19.8 Å². The van der Waals surface area contributed by atoms with Crippen molar-refractivity contribution in [2.24, 2.45) is 12.5 Å². The number of hydrogen-bond acceptors (Lipinski definition) is 4. The zero-order chi connectivity index (χ0) is 15.3. The van der Waals surface area contributed by atoms with E-state index in [2.05, 4.69) is 47.7 Å². The van der Waals surface area contributed by atoms with Crippen LogP contribution in [0.25, 0.3) is 0 Å². The van der Waals surface area contributed by atoms with Crippen molar-refractivity contribution in [2.45, 2.75) is 39.3 Å². The predicted octanol–water partition coefficient (Wildman–Crippen LogP) is 1.65. The molecule has 2 rings (SSSR count). The number of hydrogen-bond donors (Lipinski definition) is 1. The number of imidazole rings is 1. The minimum Gasteiger partial charge on any atom is -0.381 e. The second-order valence-corrected chi connectivity index (χ2v) is 6.77. The highest BCUT2D eigenvalue weighted by Gasteiger charge is 2.33. The molecule has 1 aromatic heterocycles. The summed E-state index contributed by atoms with van der Waals surface area (Å²) in [6.07, 6.45) is 6.15. The van der Waals surface area contributed by atoms with Gasteiger partial charge in [-0.05, 0) is 25.3 Å². The van der Waals surface area contributed by atoms with Crippen molar-refractivity contribution in [2.75, 3.05) is 33.4 Å². The van der Waals surface area contributed by atoms with E-state index < -0.39 is 0 Å². The molecule has 0 spiro atoms. The quantitative estimate of drug-likeness (QED) is 0.830. The lowest BCUT2D eigenvalue weighted by Crippen LogP contribution is -2.47. The largest absolute Gasteiger partial charge is 0.381 e. The normalized spacial score (nSPS) is 18.6. The number of nitrogens with one attached hydrogen (secondary N) is 1. The molecule has 0 radical (unpaired) electrons. The van der Waals surface area contributed by atoms with Gasteiger partial charge in [-0.15, -0.1) is 0 Å². The minimum atomic E-state index is 0.322. The Morgan fingerprint density at radius 1 is 1.43 bits per heavy atom. The first kappa shape index (κ1) is 16.5. The first-order chi connectivity index (χ1) is 10.0. The van der Waals surface area contributed by atoms with Gasteiger partial charge in [-0.25, -0.2) is 4.98 Å². The van der Waals surface area contributed by atoms with Crippen LogP contribution in [0.3, 0.4) is 0 Å². The molecule has 1 N–H and O–H groups in total. The van der Waals surface area contributed by atoms with E-state index in [0.717, 1.165) is 51.5 Å². The Morgan fingerprint density at radius 2 is 2.14 bits per heavy atom. The molecule has 21 heavy (non-hydrogen) atoms. The molecule has 0 amide bonds. The van der Waals surface area contributed by atoms with E-state index in [-0.39, 0.29) is 0 Å². The van der Waals surface area contributed by atoms with Crippen LogP contribution >= 0.6 is 0 Å². The number of aromatic nitrogens is 2. The van der Waals surface area contributed by atoms with Crippen molar-refractivity contribution >= 4 is 0 Å². The Bertz CT molecular complexity index is 424. The van der Waals surface area contributed by atoms with Gasteiger partial charge in [0.1, 0.15) is 5.82 Å². The monoisotopic (exact) mass is 294 g/mol. The molecule has 1 aliphatic rings. The third kappa shape index (κ3) is 4.80. The van der Waals surface area contributed by atoms with Crippen LogP contribution in [0.1, 0.15) is 32.5 Å². The van der Waals surface area contributed by atoms with Crippen molar-refractivity contribution in [3.63, 3.8) is 0 Å². The molecule has 2 heterocycles. The highest BCUT2D eigenvalue weighted by atomic mass is 16.5. The SMILES string of the molecule is CC(C)NCC1(CN(C)Cc2nccn2C)CCOCC1. The molecule has 120 valence electrons. The molecule has 5 nitrogen and oxygen atoms in total. The van der Waals surface area contributed by atoms with Crippen LogP contribution in [0.4, 0.5) is 0 Å². The van der Waals surface area contributed by atoms with Crippen LogP contribution in [0.2, 0.25) is 0 Å². The third-order valence-corrected chi connectivity index (χ3v) is 4.38. The molecule has 1 aromatic rings. The van der Waals surface area contributed by atoms with Gasteiger partial charge in [0, 0.05) is 51.8 Å². The molecule has 5 heteroatoms. The predicted molar refractivity (Wildman–Crippen MR) is 85.2 cm³/mol. The lowest BCUT2D eigenvalue weighted by atomic mass is 9.79. The van der Waals surface area contributed by atoms with Crippen LogP contribution in [0.15, 0.2) is 12.4 Å². The summed E-state index contributed by atoms with van der Waals surface area (Å²) in [5.74, 6) is 1.12. The topological polar surface area (TPSA) is 42.3 Å². The van der Waals surface area contributed by atoms with E-state index in [1.807, 2.05) is 12.4 Å². The fourth-order valence-electron chi connectivity index (χ4n) is 3.03. The van der Waals surface area contributed by atoms with Gasteiger partial charge in [-0.1, -0.05) is 13.8 Å². The Kier molecular flexibility index (Phi) is 5.79. The van der Waals surface area contributed by atoms with Gasteiger partial charge < -0.3 is 14.6 Å². The van der Waals surface area contributed by atoms with E-state index in [1.165, 1.54) is 0 Å². The van der Waals surface area contributed by atoms with E-state index in [0.29, 0.717) is 11.5 Å². The van der Waals surface area contributed by atoms with Gasteiger partial charge in [0.25, 0.3) is 0 Å². The van der Waals surface area contributed by atoms with Gasteiger partial charge in [0.05, 0.1) is 6.54 Å². The van der Waals surface area contributed by atoms with E-state index in [4.69, 9.17) is 4.74 Å². The standard InChI is InChI=1S/C16H30N4O/c1-14(2)18-12-16(5-9-21-10-6-16)13-19(3)11-15-17-7-8-20(15)4/h7-8,14,18H,5-6,9-13H2,1-4H3. The van der Waals surface area contributed by atoms with Crippen LogP contribution in [-0.4, -0.2) is 53.8 Å². The highest BCUT2D eigenvalue weighted by molar-refractivity contribution is 4.93. The van der Waals surface area contributed by atoms with Gasteiger partial charge in [-0.3, -0.25) is 4.90 Å². The van der Waals surface area contributed by atoms with Gasteiger partial charge in [0.15, 0.2) is 0 Å². The second kappa shape index (κ2) is 7.38. The van der Waals surface area contributed by atoms with Crippen molar-refractivity contribution in [3.05, 3.63) is 18.2 Å². The van der Waals surface area contributed by atoms with E-state index in [1.54, 1.807) is 0 Å². The molecule has 0 aliphatic carbocycles. The average Bonchev–Trinajstić information content (AvgIpc) is 2.83. The Balaban J connectivity index is 1.95. The summed E-state index contributed by atoms with van der Waals surface area (Å²) in [6.45, 7) is 9.25. The molecule has 0 aromatic carbocycles. The summed E-state index contributed by atoms with van der Waals surface area (Å²) in [5.41, 5.74) is 0.322. The zero-order valence-electron chi connectivity index (χ0n) is 13.9. The molecule has 0 atom stereocenters. The summed E-state index contributed by atoms with van der Waals surface area (Å²) < 4.78 is 7.67. The molecule has 1 aliphatic heterocycles. The van der Waals surface area contributed by atoms with Gasteiger partial charge >= 0.3 is 0 Å². The first-order valence-electron chi connectivity index (χ1n) is 7.97. The molecule has 1 fully saturated rings. The van der Waals surface area contributed by atoms with Crippen molar-refractivity contribution in [3.8, 4) is 0 Å². The summed E-state index contributed by atoms with van der Waals surface area (Å²) in [7, 11) is 4.25. The maximum absolute atomic E-state index is 5.58. The van der Waals surface area contributed by atoms with Crippen LogP contribution in [0.5, 0.6) is 0 Å². The molecule has 0 bridgehead atoms. The Morgan fingerprint density at radius 3 is 2.71 bits per heavy atom. The van der Waals surface area contributed by atoms with E-state index in [9.17, 15) is 0 Å². The third-order valence-electron chi connectivity index (χ3n) is 4.38. The molecule has 1 saturated heterocycles. The molecule has 0 unspecified atom stereocenters. The molecular weight excluding hydrogens is 264 g/mol. The van der Waals surface area contributed by atoms with Crippen molar-refractivity contribution in [1.29, 1.82) is 0 Å². The zero-order valence-corrected chi connectivity index (χ0v) is 13.9. The number of aryl methyl sites for hydroxylation is 1. The fraction of sp³-hybridized carbons (Fsp3) is 0.812. The highest BCUT2D eigenvalue weighted by Crippen LogP contribution is 2.31. The van der Waals surface area contributed by atoms with Gasteiger partial charge in [0.2, 0.25) is 0 Å². The first-order valence-corrected chi connectivity index (χ1v) is 7.97. The maximum Gasteiger partial charge on any atom is 0.122 e. The number of nitrogens with zero attached hydrogens (tertiary/aromatic N) is 3. The second-order valence-electron chi connectivity index (χ2n) is 6.77. The summed E-state index contributed by atoms with van der Waals surface area (Å²) in [4.78, 5) is 6.83. The van der Waals surface area contributed by atoms with Crippen LogP contribution in [-0.2, 0) is 18.3 Å². The summed E-state index contributed by atoms with van der Waals surface area (Å²) >= 11 is 0. The Labute approximate surface area is 128 Å². The van der Waals surface area contributed by atoms with Crippen LogP contribution in [0, 0.1) is 5.41 Å². The fourth-order valence-corrected chi connectivity index (χ4v) is 3.03. The van der Waals surface area contributed by atoms with Crippen molar-refractivity contribution < 1.29 is 4.74 Å². The maximum atomic E-state index is 5.58. The number of ether oxygens (including phenoxy) is 1. The Hall–Kier alpha value is -0.910. The molecular formula is C16H30N4O.